The van der Waals surface area contributed by atoms with Crippen LogP contribution in [0.4, 0.5) is 4.79 Å². The molecule has 0 saturated carbocycles. The molecular weight excluding hydrogens is 406 g/mol. The van der Waals surface area contributed by atoms with Crippen molar-refractivity contribution in [2.24, 2.45) is 0 Å². The lowest BCUT2D eigenvalue weighted by Crippen LogP contribution is -2.52. The molecule has 1 aliphatic carbocycles. The summed E-state index contributed by atoms with van der Waals surface area (Å²) in [6, 6.07) is 14.5. The summed E-state index contributed by atoms with van der Waals surface area (Å²) in [4.78, 5) is 27.5. The molecule has 2 aromatic carbocycles. The fourth-order valence-corrected chi connectivity index (χ4v) is 4.35. The van der Waals surface area contributed by atoms with Gasteiger partial charge in [-0.3, -0.25) is 4.90 Å². The first kappa shape index (κ1) is 23.8. The van der Waals surface area contributed by atoms with E-state index in [0.29, 0.717) is 6.42 Å². The molecule has 3 rings (SSSR count). The van der Waals surface area contributed by atoms with Gasteiger partial charge >= 0.3 is 12.1 Å². The van der Waals surface area contributed by atoms with Gasteiger partial charge in [-0.25, -0.2) is 9.59 Å². The number of amides is 1. The van der Waals surface area contributed by atoms with Crippen molar-refractivity contribution in [3.63, 3.8) is 0 Å². The Balaban J connectivity index is 2.11. The van der Waals surface area contributed by atoms with E-state index in [4.69, 9.17) is 9.47 Å². The molecule has 0 heterocycles. The summed E-state index contributed by atoms with van der Waals surface area (Å²) in [7, 11) is 1.32. The zero-order valence-corrected chi connectivity index (χ0v) is 19.5. The second-order valence-electron chi connectivity index (χ2n) is 9.14. The number of methoxy groups -OCH3 is 1. The van der Waals surface area contributed by atoms with Crippen LogP contribution in [0, 0.1) is 0 Å². The van der Waals surface area contributed by atoms with Gasteiger partial charge in [0.05, 0.1) is 19.2 Å². The number of rotatable bonds is 7. The van der Waals surface area contributed by atoms with E-state index in [1.807, 2.05) is 55.5 Å². The number of benzene rings is 2. The summed E-state index contributed by atoms with van der Waals surface area (Å²) in [6.45, 7) is 7.28. The highest BCUT2D eigenvalue weighted by atomic mass is 16.6. The van der Waals surface area contributed by atoms with Crippen LogP contribution in [0.5, 0.6) is 0 Å². The number of aliphatic hydroxyl groups is 1. The first-order valence-electron chi connectivity index (χ1n) is 11.1. The number of carbonyl (C=O) groups is 2. The number of carbonyl (C=O) groups excluding carboxylic acids is 2. The van der Waals surface area contributed by atoms with Crippen LogP contribution >= 0.6 is 0 Å². The minimum atomic E-state index is -1.50. The molecule has 6 heteroatoms. The Kier molecular flexibility index (Phi) is 7.24. The van der Waals surface area contributed by atoms with E-state index < -0.39 is 35.9 Å². The van der Waals surface area contributed by atoms with Crippen molar-refractivity contribution >= 4 is 12.1 Å². The quantitative estimate of drug-likeness (QED) is 0.609. The van der Waals surface area contributed by atoms with Gasteiger partial charge in [0, 0.05) is 0 Å². The van der Waals surface area contributed by atoms with Gasteiger partial charge in [-0.05, 0) is 49.4 Å². The van der Waals surface area contributed by atoms with Crippen molar-refractivity contribution in [3.8, 4) is 11.1 Å². The first-order valence-corrected chi connectivity index (χ1v) is 11.1. The highest BCUT2D eigenvalue weighted by Gasteiger charge is 2.44. The second-order valence-corrected chi connectivity index (χ2v) is 9.14. The van der Waals surface area contributed by atoms with Crippen LogP contribution in [0.3, 0.4) is 0 Å². The Morgan fingerprint density at radius 3 is 2.03 bits per heavy atom. The first-order chi connectivity index (χ1) is 15.2. The maximum Gasteiger partial charge on any atom is 0.410 e. The summed E-state index contributed by atoms with van der Waals surface area (Å²) in [5, 5.41) is 11.1. The van der Waals surface area contributed by atoms with E-state index in [0.717, 1.165) is 35.1 Å². The Hall–Kier alpha value is -2.86. The third-order valence-corrected chi connectivity index (χ3v) is 5.69. The van der Waals surface area contributed by atoms with Gasteiger partial charge in [0.25, 0.3) is 0 Å². The zero-order valence-electron chi connectivity index (χ0n) is 19.5. The van der Waals surface area contributed by atoms with Crippen LogP contribution in [0.15, 0.2) is 48.5 Å². The minimum Gasteiger partial charge on any atom is -0.458 e. The van der Waals surface area contributed by atoms with Crippen LogP contribution in [0.25, 0.3) is 11.1 Å². The molecule has 0 unspecified atom stereocenters. The summed E-state index contributed by atoms with van der Waals surface area (Å²) in [5.41, 5.74) is 3.19. The molecule has 0 saturated heterocycles. The second kappa shape index (κ2) is 9.74. The lowest BCUT2D eigenvalue weighted by molar-refractivity contribution is -0.169. The molecule has 0 aliphatic heterocycles. The number of hydrogen-bond donors (Lipinski definition) is 1. The largest absolute Gasteiger partial charge is 0.458 e. The van der Waals surface area contributed by atoms with E-state index in [1.165, 1.54) is 12.0 Å². The molecule has 2 aromatic rings. The molecule has 0 radical (unpaired) electrons. The molecule has 32 heavy (non-hydrogen) atoms. The molecular formula is C26H33NO5. The highest BCUT2D eigenvalue weighted by molar-refractivity contribution is 5.82. The van der Waals surface area contributed by atoms with Crippen LogP contribution < -0.4 is 0 Å². The highest BCUT2D eigenvalue weighted by Crippen LogP contribution is 2.47. The average Bonchev–Trinajstić information content (AvgIpc) is 3.09. The fourth-order valence-electron chi connectivity index (χ4n) is 4.35. The molecule has 1 aliphatic rings. The number of nitrogens with zero attached hydrogens (tertiary/aromatic N) is 1. The maximum atomic E-state index is 13.2. The van der Waals surface area contributed by atoms with Gasteiger partial charge in [0.1, 0.15) is 5.60 Å². The summed E-state index contributed by atoms with van der Waals surface area (Å²) >= 11 is 0. The number of esters is 1. The van der Waals surface area contributed by atoms with Crippen molar-refractivity contribution < 1.29 is 24.2 Å². The number of ether oxygens (including phenoxy) is 2. The Labute approximate surface area is 190 Å². The summed E-state index contributed by atoms with van der Waals surface area (Å²) in [5.74, 6) is -0.743. The standard InChI is InChI=1S/C26H33NO5/c1-6-7-16-21(23(28)24(29)32-26(2,3)4)27(25(30)31-5)22-19-14-10-8-12-17(19)18-13-9-11-15-20(18)22/h8-15,21-23,28H,6-7,16H2,1-5H3/t21-,23-/m0/s1. The monoisotopic (exact) mass is 439 g/mol. The predicted molar refractivity (Wildman–Crippen MR) is 123 cm³/mol. The van der Waals surface area contributed by atoms with Crippen LogP contribution in [0.1, 0.15) is 64.1 Å². The van der Waals surface area contributed by atoms with Gasteiger partial charge in [0.2, 0.25) is 0 Å². The third-order valence-electron chi connectivity index (χ3n) is 5.69. The third kappa shape index (κ3) is 4.80. The van der Waals surface area contributed by atoms with Gasteiger partial charge in [-0.1, -0.05) is 68.3 Å². The van der Waals surface area contributed by atoms with E-state index in [1.54, 1.807) is 20.8 Å². The lowest BCUT2D eigenvalue weighted by Gasteiger charge is -2.38. The predicted octanol–water partition coefficient (Wildman–Crippen LogP) is 5.09. The summed E-state index contributed by atoms with van der Waals surface area (Å²) < 4.78 is 10.6. The number of aliphatic hydroxyl groups excluding tert-OH is 1. The Morgan fingerprint density at radius 1 is 1.03 bits per heavy atom. The van der Waals surface area contributed by atoms with E-state index in [-0.39, 0.29) is 0 Å². The molecule has 1 amide bonds. The minimum absolute atomic E-state index is 0.437. The number of hydrogen-bond acceptors (Lipinski definition) is 5. The van der Waals surface area contributed by atoms with Crippen molar-refractivity contribution in [2.45, 2.75) is 70.7 Å². The van der Waals surface area contributed by atoms with Crippen LogP contribution in [-0.4, -0.2) is 46.9 Å². The normalized spacial score (nSPS) is 14.8. The zero-order chi connectivity index (χ0) is 23.5. The molecule has 2 atom stereocenters. The lowest BCUT2D eigenvalue weighted by atomic mass is 9.96. The SMILES string of the molecule is CCCC[C@@H]([C@H](O)C(=O)OC(C)(C)C)N(C(=O)OC)C1c2ccccc2-c2ccccc21. The maximum absolute atomic E-state index is 13.2. The molecule has 0 aromatic heterocycles. The summed E-state index contributed by atoms with van der Waals surface area (Å²) in [6.07, 6.45) is -0.0735. The van der Waals surface area contributed by atoms with Gasteiger partial charge in [-0.15, -0.1) is 0 Å². The molecule has 0 bridgehead atoms. The van der Waals surface area contributed by atoms with Gasteiger partial charge < -0.3 is 14.6 Å². The van der Waals surface area contributed by atoms with Crippen LogP contribution in [0.2, 0.25) is 0 Å². The molecule has 1 N–H and O–H groups in total. The Bertz CT molecular complexity index is 919. The van der Waals surface area contributed by atoms with E-state index >= 15 is 0 Å². The fraction of sp³-hybridized carbons (Fsp3) is 0.462. The van der Waals surface area contributed by atoms with Crippen molar-refractivity contribution in [2.75, 3.05) is 7.11 Å². The molecule has 172 valence electrons. The Morgan fingerprint density at radius 2 is 1.56 bits per heavy atom. The van der Waals surface area contributed by atoms with E-state index in [9.17, 15) is 14.7 Å². The van der Waals surface area contributed by atoms with Crippen LogP contribution in [-0.2, 0) is 14.3 Å². The van der Waals surface area contributed by atoms with Crippen molar-refractivity contribution in [3.05, 3.63) is 59.7 Å². The van der Waals surface area contributed by atoms with E-state index in [2.05, 4.69) is 0 Å². The molecule has 0 spiro atoms. The smallest absolute Gasteiger partial charge is 0.410 e. The van der Waals surface area contributed by atoms with Crippen molar-refractivity contribution in [1.82, 2.24) is 4.90 Å². The molecule has 6 nitrogen and oxygen atoms in total. The van der Waals surface area contributed by atoms with Gasteiger partial charge in [0.15, 0.2) is 6.10 Å². The van der Waals surface area contributed by atoms with Crippen molar-refractivity contribution in [1.29, 1.82) is 0 Å². The topological polar surface area (TPSA) is 76.1 Å². The number of unbranched alkanes of at least 4 members (excludes halogenated alkanes) is 1. The van der Waals surface area contributed by atoms with Gasteiger partial charge in [-0.2, -0.15) is 0 Å². The number of fused-ring (bicyclic) bond motifs is 3. The molecule has 0 fully saturated rings. The average molecular weight is 440 g/mol.